The second-order valence-electron chi connectivity index (χ2n) is 4.21. The molecule has 2 fully saturated rings. The fraction of sp³-hybridized carbons (Fsp3) is 0.700. The SMILES string of the molecule is C=C(C1SCC(=NO)CS1)C1(C)CC1. The molecule has 2 rings (SSSR count). The molecule has 0 radical (unpaired) electrons. The van der Waals surface area contributed by atoms with Crippen molar-refractivity contribution in [3.63, 3.8) is 0 Å². The second kappa shape index (κ2) is 3.81. The fourth-order valence-corrected chi connectivity index (χ4v) is 4.39. The molecule has 0 unspecified atom stereocenters. The third-order valence-corrected chi connectivity index (χ3v) is 5.99. The molecule has 4 heteroatoms. The summed E-state index contributed by atoms with van der Waals surface area (Å²) in [6.07, 6.45) is 2.59. The predicted octanol–water partition coefficient (Wildman–Crippen LogP) is 2.98. The Morgan fingerprint density at radius 3 is 2.50 bits per heavy atom. The number of thioether (sulfide) groups is 2. The summed E-state index contributed by atoms with van der Waals surface area (Å²) in [7, 11) is 0. The molecule has 2 nitrogen and oxygen atoms in total. The molecule has 1 N–H and O–H groups in total. The van der Waals surface area contributed by atoms with Gasteiger partial charge in [0.25, 0.3) is 0 Å². The van der Waals surface area contributed by atoms with Gasteiger partial charge in [-0.15, -0.1) is 23.5 Å². The highest BCUT2D eigenvalue weighted by Gasteiger charge is 2.43. The van der Waals surface area contributed by atoms with E-state index in [9.17, 15) is 0 Å². The van der Waals surface area contributed by atoms with Crippen LogP contribution in [-0.2, 0) is 0 Å². The maximum atomic E-state index is 8.63. The Morgan fingerprint density at radius 1 is 1.50 bits per heavy atom. The van der Waals surface area contributed by atoms with Crippen molar-refractivity contribution in [2.45, 2.75) is 24.3 Å². The number of rotatable bonds is 2. The average Bonchev–Trinajstić information content (AvgIpc) is 2.97. The number of hydrogen-bond acceptors (Lipinski definition) is 4. The predicted molar refractivity (Wildman–Crippen MR) is 64.4 cm³/mol. The molecule has 0 aromatic heterocycles. The Kier molecular flexibility index (Phi) is 2.84. The summed E-state index contributed by atoms with van der Waals surface area (Å²) in [4.78, 5) is 0. The van der Waals surface area contributed by atoms with Crippen LogP contribution in [0.2, 0.25) is 0 Å². The topological polar surface area (TPSA) is 32.6 Å². The molecule has 2 aliphatic rings. The van der Waals surface area contributed by atoms with Crippen molar-refractivity contribution in [3.8, 4) is 0 Å². The van der Waals surface area contributed by atoms with E-state index in [1.807, 2.05) is 23.5 Å². The second-order valence-corrected chi connectivity index (χ2v) is 6.69. The molecular formula is C10H15NOS2. The molecule has 1 aliphatic carbocycles. The van der Waals surface area contributed by atoms with Gasteiger partial charge in [-0.25, -0.2) is 0 Å². The van der Waals surface area contributed by atoms with Crippen molar-refractivity contribution in [3.05, 3.63) is 12.2 Å². The standard InChI is InChI=1S/C10H15NOS2/c1-7(10(2)3-4-10)9-13-5-8(11-12)6-14-9/h9,12H,1,3-6H2,2H3. The van der Waals surface area contributed by atoms with Gasteiger partial charge in [0, 0.05) is 11.5 Å². The molecule has 1 heterocycles. The van der Waals surface area contributed by atoms with Crippen LogP contribution >= 0.6 is 23.5 Å². The zero-order valence-corrected chi connectivity index (χ0v) is 9.96. The van der Waals surface area contributed by atoms with E-state index in [1.165, 1.54) is 18.4 Å². The van der Waals surface area contributed by atoms with Gasteiger partial charge in [0.2, 0.25) is 0 Å². The smallest absolute Gasteiger partial charge is 0.0769 e. The van der Waals surface area contributed by atoms with Crippen LogP contribution in [0.15, 0.2) is 17.3 Å². The zero-order valence-electron chi connectivity index (χ0n) is 8.32. The summed E-state index contributed by atoms with van der Waals surface area (Å²) < 4.78 is 0.507. The highest BCUT2D eigenvalue weighted by Crippen LogP contribution is 2.55. The van der Waals surface area contributed by atoms with Crippen molar-refractivity contribution in [2.75, 3.05) is 11.5 Å². The maximum Gasteiger partial charge on any atom is 0.0769 e. The molecule has 1 saturated heterocycles. The van der Waals surface area contributed by atoms with Crippen molar-refractivity contribution in [1.29, 1.82) is 0 Å². The lowest BCUT2D eigenvalue weighted by molar-refractivity contribution is 0.318. The van der Waals surface area contributed by atoms with E-state index in [0.29, 0.717) is 10.00 Å². The summed E-state index contributed by atoms with van der Waals surface area (Å²) in [5, 5.41) is 11.9. The molecule has 0 atom stereocenters. The highest BCUT2D eigenvalue weighted by molar-refractivity contribution is 8.19. The first-order chi connectivity index (χ1) is 6.65. The fourth-order valence-electron chi connectivity index (χ4n) is 1.49. The van der Waals surface area contributed by atoms with Gasteiger partial charge in [0.15, 0.2) is 0 Å². The normalized spacial score (nSPS) is 29.8. The van der Waals surface area contributed by atoms with Gasteiger partial charge in [-0.1, -0.05) is 18.7 Å². The van der Waals surface area contributed by atoms with Crippen LogP contribution in [0.25, 0.3) is 0 Å². The van der Waals surface area contributed by atoms with Gasteiger partial charge in [-0.05, 0) is 23.8 Å². The summed E-state index contributed by atoms with van der Waals surface area (Å²) in [6, 6.07) is 0. The maximum absolute atomic E-state index is 8.63. The third kappa shape index (κ3) is 1.96. The average molecular weight is 229 g/mol. The van der Waals surface area contributed by atoms with Gasteiger partial charge < -0.3 is 5.21 Å². The summed E-state index contributed by atoms with van der Waals surface area (Å²) in [5.74, 6) is 1.70. The lowest BCUT2D eigenvalue weighted by Gasteiger charge is -2.26. The van der Waals surface area contributed by atoms with Crippen LogP contribution in [0.5, 0.6) is 0 Å². The van der Waals surface area contributed by atoms with Crippen LogP contribution in [0.4, 0.5) is 0 Å². The Bertz CT molecular complexity index is 274. The number of hydrogen-bond donors (Lipinski definition) is 1. The van der Waals surface area contributed by atoms with Crippen LogP contribution in [-0.4, -0.2) is 27.0 Å². The van der Waals surface area contributed by atoms with E-state index in [-0.39, 0.29) is 0 Å². The van der Waals surface area contributed by atoms with Crippen LogP contribution in [0.1, 0.15) is 19.8 Å². The minimum Gasteiger partial charge on any atom is -0.411 e. The summed E-state index contributed by atoms with van der Waals surface area (Å²) in [5.41, 5.74) is 2.69. The highest BCUT2D eigenvalue weighted by atomic mass is 32.2. The van der Waals surface area contributed by atoms with Gasteiger partial charge in [0.1, 0.15) is 0 Å². The first-order valence-electron chi connectivity index (χ1n) is 4.78. The molecule has 0 bridgehead atoms. The molecular weight excluding hydrogens is 214 g/mol. The summed E-state index contributed by atoms with van der Waals surface area (Å²) in [6.45, 7) is 6.52. The molecule has 0 amide bonds. The zero-order chi connectivity index (χ0) is 10.2. The minimum absolute atomic E-state index is 0.415. The van der Waals surface area contributed by atoms with Crippen molar-refractivity contribution >= 4 is 29.2 Å². The number of nitrogens with zero attached hydrogens (tertiary/aromatic N) is 1. The quantitative estimate of drug-likeness (QED) is 0.449. The van der Waals surface area contributed by atoms with Crippen molar-refractivity contribution in [1.82, 2.24) is 0 Å². The van der Waals surface area contributed by atoms with Crippen molar-refractivity contribution < 1.29 is 5.21 Å². The van der Waals surface area contributed by atoms with E-state index in [1.54, 1.807) is 0 Å². The Hall–Kier alpha value is -0.0900. The van der Waals surface area contributed by atoms with Gasteiger partial charge in [-0.3, -0.25) is 0 Å². The molecule has 14 heavy (non-hydrogen) atoms. The molecule has 78 valence electrons. The Labute approximate surface area is 93.2 Å². The lowest BCUT2D eigenvalue weighted by Crippen LogP contribution is -2.21. The molecule has 1 saturated carbocycles. The first kappa shape index (κ1) is 10.4. The van der Waals surface area contributed by atoms with Crippen LogP contribution in [0, 0.1) is 5.41 Å². The Morgan fingerprint density at radius 2 is 2.07 bits per heavy atom. The van der Waals surface area contributed by atoms with E-state index in [0.717, 1.165) is 17.2 Å². The van der Waals surface area contributed by atoms with E-state index in [4.69, 9.17) is 5.21 Å². The first-order valence-corrected chi connectivity index (χ1v) is 6.88. The van der Waals surface area contributed by atoms with Gasteiger partial charge in [-0.2, -0.15) is 0 Å². The monoisotopic (exact) mass is 229 g/mol. The van der Waals surface area contributed by atoms with Gasteiger partial charge in [0.05, 0.1) is 10.3 Å². The number of oxime groups is 1. The van der Waals surface area contributed by atoms with E-state index in [2.05, 4.69) is 18.7 Å². The third-order valence-electron chi connectivity index (χ3n) is 3.00. The summed E-state index contributed by atoms with van der Waals surface area (Å²) >= 11 is 3.69. The van der Waals surface area contributed by atoms with E-state index < -0.39 is 0 Å². The minimum atomic E-state index is 0.415. The molecule has 1 aliphatic heterocycles. The molecule has 0 spiro atoms. The largest absolute Gasteiger partial charge is 0.411 e. The lowest BCUT2D eigenvalue weighted by atomic mass is 10.0. The molecule has 0 aromatic carbocycles. The van der Waals surface area contributed by atoms with Crippen LogP contribution in [0.3, 0.4) is 0 Å². The molecule has 0 aromatic rings. The van der Waals surface area contributed by atoms with E-state index >= 15 is 0 Å². The van der Waals surface area contributed by atoms with Crippen LogP contribution < -0.4 is 0 Å². The van der Waals surface area contributed by atoms with Gasteiger partial charge >= 0.3 is 0 Å². The van der Waals surface area contributed by atoms with Crippen molar-refractivity contribution in [2.24, 2.45) is 10.6 Å². The Balaban J connectivity index is 1.92.